The van der Waals surface area contributed by atoms with Crippen molar-refractivity contribution >= 4 is 50.1 Å². The van der Waals surface area contributed by atoms with Crippen LogP contribution in [0.2, 0.25) is 0 Å². The number of halogens is 1. The molecule has 1 heterocycles. The Labute approximate surface area is 165 Å². The fraction of sp³-hybridized carbons (Fsp3) is 0.263. The van der Waals surface area contributed by atoms with E-state index in [1.807, 2.05) is 55.5 Å². The first-order chi connectivity index (χ1) is 12.1. The van der Waals surface area contributed by atoms with Gasteiger partial charge in [-0.25, -0.2) is 0 Å². The Balaban J connectivity index is 1.56. The van der Waals surface area contributed by atoms with Crippen molar-refractivity contribution in [2.45, 2.75) is 25.2 Å². The van der Waals surface area contributed by atoms with E-state index in [2.05, 4.69) is 15.9 Å². The molecule has 1 fully saturated rings. The quantitative estimate of drug-likeness (QED) is 0.608. The molecule has 3 nitrogen and oxygen atoms in total. The van der Waals surface area contributed by atoms with Gasteiger partial charge in [0, 0.05) is 11.0 Å². The largest absolute Gasteiger partial charge is 0.489 e. The summed E-state index contributed by atoms with van der Waals surface area (Å²) in [4.78, 5) is 14.0. The van der Waals surface area contributed by atoms with Crippen LogP contribution in [0.25, 0.3) is 0 Å². The van der Waals surface area contributed by atoms with Crippen LogP contribution in [-0.2, 0) is 17.8 Å². The van der Waals surface area contributed by atoms with Crippen LogP contribution >= 0.6 is 39.9 Å². The molecule has 6 heteroatoms. The third kappa shape index (κ3) is 4.63. The molecule has 1 amide bonds. The third-order valence-corrected chi connectivity index (χ3v) is 6.10. The van der Waals surface area contributed by atoms with Gasteiger partial charge in [0.05, 0.1) is 5.25 Å². The zero-order chi connectivity index (χ0) is 17.8. The lowest BCUT2D eigenvalue weighted by atomic mass is 10.1. The van der Waals surface area contributed by atoms with Crippen molar-refractivity contribution < 1.29 is 9.53 Å². The summed E-state index contributed by atoms with van der Waals surface area (Å²) in [5, 5.41) is -0.109. The number of benzene rings is 2. The second kappa shape index (κ2) is 8.34. The summed E-state index contributed by atoms with van der Waals surface area (Å²) in [5.74, 6) is 0.941. The van der Waals surface area contributed by atoms with E-state index in [4.69, 9.17) is 17.0 Å². The summed E-state index contributed by atoms with van der Waals surface area (Å²) in [6.07, 6.45) is 0.688. The highest BCUT2D eigenvalue weighted by Crippen LogP contribution is 2.30. The fourth-order valence-corrected chi connectivity index (χ4v) is 4.52. The molecule has 1 saturated heterocycles. The summed E-state index contributed by atoms with van der Waals surface area (Å²) in [7, 11) is 0. The van der Waals surface area contributed by atoms with Crippen molar-refractivity contribution in [1.82, 2.24) is 4.90 Å². The van der Waals surface area contributed by atoms with Crippen LogP contribution in [0.15, 0.2) is 53.0 Å². The van der Waals surface area contributed by atoms with Crippen molar-refractivity contribution in [1.29, 1.82) is 0 Å². The first kappa shape index (κ1) is 18.4. The lowest BCUT2D eigenvalue weighted by molar-refractivity contribution is -0.125. The van der Waals surface area contributed by atoms with E-state index in [0.717, 1.165) is 21.3 Å². The van der Waals surface area contributed by atoms with Gasteiger partial charge in [0.25, 0.3) is 0 Å². The molecule has 25 heavy (non-hydrogen) atoms. The molecule has 1 aliphatic heterocycles. The second-order valence-electron chi connectivity index (χ2n) is 5.72. The minimum atomic E-state index is -0.109. The maximum atomic E-state index is 12.3. The van der Waals surface area contributed by atoms with Crippen LogP contribution in [0, 0.1) is 0 Å². The zero-order valence-electron chi connectivity index (χ0n) is 13.8. The first-order valence-corrected chi connectivity index (χ1v) is 10.1. The van der Waals surface area contributed by atoms with Crippen LogP contribution < -0.4 is 4.74 Å². The highest BCUT2D eigenvalue weighted by Gasteiger charge is 2.35. The molecule has 1 atom stereocenters. The maximum Gasteiger partial charge on any atom is 0.241 e. The summed E-state index contributed by atoms with van der Waals surface area (Å²) in [6, 6.07) is 16.0. The highest BCUT2D eigenvalue weighted by molar-refractivity contribution is 9.10. The van der Waals surface area contributed by atoms with Gasteiger partial charge in [-0.3, -0.25) is 9.69 Å². The molecule has 2 aromatic carbocycles. The van der Waals surface area contributed by atoms with Crippen molar-refractivity contribution in [3.05, 3.63) is 64.1 Å². The number of carbonyl (C=O) groups is 1. The van der Waals surface area contributed by atoms with Gasteiger partial charge in [-0.05, 0) is 48.7 Å². The third-order valence-electron chi connectivity index (χ3n) is 3.98. The average molecular weight is 436 g/mol. The number of thioether (sulfide) groups is 1. The highest BCUT2D eigenvalue weighted by atomic mass is 79.9. The molecule has 0 saturated carbocycles. The predicted octanol–water partition coefficient (Wildman–Crippen LogP) is 4.82. The van der Waals surface area contributed by atoms with Crippen LogP contribution in [0.1, 0.15) is 18.1 Å². The number of amides is 1. The van der Waals surface area contributed by atoms with Crippen LogP contribution in [-0.4, -0.2) is 26.9 Å². The van der Waals surface area contributed by atoms with Gasteiger partial charge < -0.3 is 4.74 Å². The summed E-state index contributed by atoms with van der Waals surface area (Å²) < 4.78 is 7.56. The fourth-order valence-electron chi connectivity index (χ4n) is 2.60. The Bertz CT molecular complexity index is 762. The lowest BCUT2D eigenvalue weighted by Gasteiger charge is -2.12. The number of carbonyl (C=O) groups excluding carboxylic acids is 1. The molecular formula is C19H18BrNO2S2. The van der Waals surface area contributed by atoms with E-state index in [1.54, 1.807) is 4.90 Å². The predicted molar refractivity (Wildman–Crippen MR) is 110 cm³/mol. The number of thiocarbonyl (C=S) groups is 1. The van der Waals surface area contributed by atoms with Gasteiger partial charge in [0.15, 0.2) is 0 Å². The second-order valence-corrected chi connectivity index (χ2v) is 8.47. The maximum absolute atomic E-state index is 12.3. The molecule has 0 aromatic heterocycles. The number of ether oxygens (including phenoxy) is 1. The van der Waals surface area contributed by atoms with Gasteiger partial charge in [-0.15, -0.1) is 0 Å². The lowest BCUT2D eigenvalue weighted by Crippen LogP contribution is -2.31. The minimum Gasteiger partial charge on any atom is -0.489 e. The summed E-state index contributed by atoms with van der Waals surface area (Å²) >= 11 is 10.2. The van der Waals surface area contributed by atoms with E-state index < -0.39 is 0 Å². The normalized spacial score (nSPS) is 17.2. The first-order valence-electron chi connectivity index (χ1n) is 8.05. The Morgan fingerprint density at radius 1 is 1.12 bits per heavy atom. The number of hydrogen-bond donors (Lipinski definition) is 0. The van der Waals surface area contributed by atoms with Crippen LogP contribution in [0.4, 0.5) is 0 Å². The number of hydrogen-bond acceptors (Lipinski definition) is 4. The van der Waals surface area contributed by atoms with E-state index in [0.29, 0.717) is 23.9 Å². The van der Waals surface area contributed by atoms with E-state index in [1.165, 1.54) is 11.8 Å². The van der Waals surface area contributed by atoms with Crippen LogP contribution in [0.5, 0.6) is 5.75 Å². The Hall–Kier alpha value is -1.37. The molecular weight excluding hydrogens is 418 g/mol. The number of nitrogens with zero attached hydrogens (tertiary/aromatic N) is 1. The summed E-state index contributed by atoms with van der Waals surface area (Å²) in [5.41, 5.74) is 2.23. The standard InChI is InChI=1S/C19H18BrNO2S2/c1-2-21-18(22)17(25-19(21)24)11-13-5-9-16(10-6-13)23-12-14-3-7-15(20)8-4-14/h3-10,17H,2,11-12H2,1H3/t17-/m0/s1. The van der Waals surface area contributed by atoms with Gasteiger partial charge in [0.2, 0.25) is 5.91 Å². The van der Waals surface area contributed by atoms with E-state index in [9.17, 15) is 4.79 Å². The molecule has 0 bridgehead atoms. The minimum absolute atomic E-state index is 0.109. The summed E-state index contributed by atoms with van der Waals surface area (Å²) in [6.45, 7) is 3.12. The van der Waals surface area contributed by atoms with Crippen molar-refractivity contribution in [3.8, 4) is 5.75 Å². The average Bonchev–Trinajstić information content (AvgIpc) is 2.88. The smallest absolute Gasteiger partial charge is 0.241 e. The SMILES string of the molecule is CCN1C(=O)[C@H](Cc2ccc(OCc3ccc(Br)cc3)cc2)SC1=S. The monoisotopic (exact) mass is 435 g/mol. The molecule has 0 N–H and O–H groups in total. The Morgan fingerprint density at radius 2 is 1.76 bits per heavy atom. The molecule has 1 aliphatic rings. The van der Waals surface area contributed by atoms with Crippen molar-refractivity contribution in [2.75, 3.05) is 6.54 Å². The molecule has 3 rings (SSSR count). The molecule has 2 aromatic rings. The van der Waals surface area contributed by atoms with E-state index in [-0.39, 0.29) is 11.2 Å². The van der Waals surface area contributed by atoms with Gasteiger partial charge in [-0.2, -0.15) is 0 Å². The molecule has 0 unspecified atom stereocenters. The molecule has 0 aliphatic carbocycles. The topological polar surface area (TPSA) is 29.5 Å². The van der Waals surface area contributed by atoms with Gasteiger partial charge in [-0.1, -0.05) is 64.2 Å². The van der Waals surface area contributed by atoms with Gasteiger partial charge in [0.1, 0.15) is 16.7 Å². The van der Waals surface area contributed by atoms with Crippen molar-refractivity contribution in [3.63, 3.8) is 0 Å². The zero-order valence-corrected chi connectivity index (χ0v) is 17.0. The molecule has 0 spiro atoms. The van der Waals surface area contributed by atoms with Crippen LogP contribution in [0.3, 0.4) is 0 Å². The molecule has 0 radical (unpaired) electrons. The Kier molecular flexibility index (Phi) is 6.15. The molecule has 130 valence electrons. The number of rotatable bonds is 6. The van der Waals surface area contributed by atoms with E-state index >= 15 is 0 Å². The Morgan fingerprint density at radius 3 is 2.36 bits per heavy atom. The van der Waals surface area contributed by atoms with Crippen molar-refractivity contribution in [2.24, 2.45) is 0 Å². The van der Waals surface area contributed by atoms with Gasteiger partial charge >= 0.3 is 0 Å².